The van der Waals surface area contributed by atoms with Crippen LogP contribution >= 0.6 is 0 Å². The number of allylic oxidation sites excluding steroid dienone is 4. The lowest BCUT2D eigenvalue weighted by Crippen LogP contribution is -2.29. The normalized spacial score (nSPS) is 15.3. The molecule has 0 aromatic heterocycles. The van der Waals surface area contributed by atoms with Gasteiger partial charge in [0.05, 0.1) is 10.9 Å². The van der Waals surface area contributed by atoms with E-state index < -0.39 is 5.41 Å². The first-order chi connectivity index (χ1) is 32.3. The average molecular weight is 794 g/mol. The Kier molecular flexibility index (Phi) is 8.06. The van der Waals surface area contributed by atoms with Crippen LogP contribution in [0.2, 0.25) is 0 Å². The van der Waals surface area contributed by atoms with Crippen molar-refractivity contribution in [2.75, 3.05) is 4.90 Å². The highest BCUT2D eigenvalue weighted by molar-refractivity contribution is 6.14. The number of nitrogens with zero attached hydrogens (tertiary/aromatic N) is 1. The van der Waals surface area contributed by atoms with E-state index in [-0.39, 0.29) is 35.4 Å². The van der Waals surface area contributed by atoms with Gasteiger partial charge in [-0.2, -0.15) is 0 Å². The maximum absolute atomic E-state index is 9.89. The molecule has 1 nitrogen and oxygen atoms in total. The van der Waals surface area contributed by atoms with E-state index in [0.29, 0.717) is 16.9 Å². The second-order valence-electron chi connectivity index (χ2n) is 15.8. The molecule has 1 aliphatic carbocycles. The largest absolute Gasteiger partial charge is 0.310 e. The Hall–Kier alpha value is -8.00. The number of hydrogen-bond acceptors (Lipinski definition) is 1. The molecule has 62 heavy (non-hydrogen) atoms. The Morgan fingerprint density at radius 2 is 1.11 bits per heavy atom. The third-order valence-corrected chi connectivity index (χ3v) is 12.5. The summed E-state index contributed by atoms with van der Waals surface area (Å²) in [5.74, 6) is 0. The lowest BCUT2D eigenvalue weighted by molar-refractivity contribution is 0.767. The van der Waals surface area contributed by atoms with E-state index in [1.54, 1.807) is 0 Å². The summed E-state index contributed by atoms with van der Waals surface area (Å²) < 4.78 is 39.1. The highest BCUT2D eigenvalue weighted by atomic mass is 15.1. The molecular weight excluding hydrogens is 747 g/mol. The summed E-state index contributed by atoms with van der Waals surface area (Å²) in [5.41, 5.74) is 9.89. The summed E-state index contributed by atoms with van der Waals surface area (Å²) in [5, 5.41) is 6.55. The molecule has 10 aromatic rings. The summed E-state index contributed by atoms with van der Waals surface area (Å²) in [6.45, 7) is 8.47. The van der Waals surface area contributed by atoms with E-state index in [2.05, 4.69) is 141 Å². The summed E-state index contributed by atoms with van der Waals surface area (Å²) >= 11 is 0. The summed E-state index contributed by atoms with van der Waals surface area (Å²) in [7, 11) is 0. The van der Waals surface area contributed by atoms with E-state index in [9.17, 15) is 5.48 Å². The van der Waals surface area contributed by atoms with E-state index in [1.807, 2.05) is 89.9 Å². The third kappa shape index (κ3) is 5.93. The van der Waals surface area contributed by atoms with Crippen molar-refractivity contribution < 1.29 is 5.48 Å². The van der Waals surface area contributed by atoms with Crippen molar-refractivity contribution in [2.24, 2.45) is 0 Å². The van der Waals surface area contributed by atoms with E-state index in [1.165, 1.54) is 5.39 Å². The lowest BCUT2D eigenvalue weighted by Gasteiger charge is -2.35. The second-order valence-corrected chi connectivity index (χ2v) is 15.8. The fourth-order valence-corrected chi connectivity index (χ4v) is 9.78. The van der Waals surface area contributed by atoms with Gasteiger partial charge < -0.3 is 4.90 Å². The molecule has 0 N–H and O–H groups in total. The molecule has 0 saturated carbocycles. The van der Waals surface area contributed by atoms with Crippen LogP contribution in [0.3, 0.4) is 0 Å². The first-order valence-corrected chi connectivity index (χ1v) is 21.0. The zero-order valence-electron chi connectivity index (χ0n) is 38.1. The summed E-state index contributed by atoms with van der Waals surface area (Å²) in [6, 6.07) is 65.9. The van der Waals surface area contributed by atoms with Gasteiger partial charge in [-0.1, -0.05) is 201 Å². The quantitative estimate of drug-likeness (QED) is 0.104. The molecule has 1 unspecified atom stereocenters. The molecule has 0 heterocycles. The first kappa shape index (κ1) is 32.8. The fourth-order valence-electron chi connectivity index (χ4n) is 9.78. The van der Waals surface area contributed by atoms with Crippen molar-refractivity contribution in [3.05, 3.63) is 272 Å². The van der Waals surface area contributed by atoms with Crippen molar-refractivity contribution in [1.29, 1.82) is 0 Å². The first-order valence-electron chi connectivity index (χ1n) is 23.0. The van der Waals surface area contributed by atoms with Crippen LogP contribution in [0.15, 0.2) is 255 Å². The number of benzene rings is 10. The van der Waals surface area contributed by atoms with Crippen LogP contribution in [0.25, 0.3) is 65.7 Å². The van der Waals surface area contributed by atoms with Gasteiger partial charge in [0, 0.05) is 17.1 Å². The molecule has 11 rings (SSSR count). The Morgan fingerprint density at radius 1 is 0.435 bits per heavy atom. The summed E-state index contributed by atoms with van der Waals surface area (Å²) in [4.78, 5) is 1.92. The minimum atomic E-state index is -0.800. The second kappa shape index (κ2) is 15.2. The molecule has 0 fully saturated rings. The monoisotopic (exact) mass is 793 g/mol. The van der Waals surface area contributed by atoms with E-state index >= 15 is 0 Å². The Bertz CT molecular complexity index is 3620. The van der Waals surface area contributed by atoms with Gasteiger partial charge in [-0.05, 0) is 136 Å². The van der Waals surface area contributed by atoms with Gasteiger partial charge in [-0.15, -0.1) is 0 Å². The average Bonchev–Trinajstić information content (AvgIpc) is 3.66. The van der Waals surface area contributed by atoms with Gasteiger partial charge in [0.25, 0.3) is 0 Å². The molecule has 0 amide bonds. The van der Waals surface area contributed by atoms with Gasteiger partial charge in [0.2, 0.25) is 0 Å². The van der Waals surface area contributed by atoms with Crippen LogP contribution in [0, 0.1) is 0 Å². The van der Waals surface area contributed by atoms with Crippen molar-refractivity contribution in [3.8, 4) is 33.4 Å². The van der Waals surface area contributed by atoms with Gasteiger partial charge in [-0.25, -0.2) is 0 Å². The van der Waals surface area contributed by atoms with Crippen LogP contribution in [-0.2, 0) is 5.41 Å². The molecular formula is C61H43N. The molecule has 0 aliphatic heterocycles. The molecule has 1 aliphatic rings. The number of rotatable bonds is 9. The molecule has 0 bridgehead atoms. The Balaban J connectivity index is 1.20. The summed E-state index contributed by atoms with van der Waals surface area (Å²) in [6.07, 6.45) is 5.75. The zero-order chi connectivity index (χ0) is 45.1. The standard InChI is InChI=1S/C61H43N/c1-3-17-48(4-2)61(49-22-6-5-7-23-49)59-29-15-14-28-56(59)57-37-36-52(41-60(57)61)62(50-34-32-43(33-35-50)45-31-30-42-18-8-9-19-44(42)38-45)51-24-16-21-46(39-51)58-40-47-20-10-11-25-53(47)54-26-12-13-27-55(54)58/h3-41H,1-2H2/b48-17+/i32D,33D,34D,35D. The topological polar surface area (TPSA) is 3.24 Å². The van der Waals surface area contributed by atoms with Gasteiger partial charge >= 0.3 is 0 Å². The van der Waals surface area contributed by atoms with Gasteiger partial charge in [0.1, 0.15) is 0 Å². The van der Waals surface area contributed by atoms with Crippen LogP contribution in [-0.4, -0.2) is 0 Å². The van der Waals surface area contributed by atoms with Crippen molar-refractivity contribution >= 4 is 49.4 Å². The van der Waals surface area contributed by atoms with Crippen LogP contribution in [0.4, 0.5) is 17.1 Å². The van der Waals surface area contributed by atoms with E-state index in [0.717, 1.165) is 71.4 Å². The van der Waals surface area contributed by atoms with Crippen molar-refractivity contribution in [3.63, 3.8) is 0 Å². The zero-order valence-corrected chi connectivity index (χ0v) is 34.1. The lowest BCUT2D eigenvalue weighted by atomic mass is 9.67. The van der Waals surface area contributed by atoms with E-state index in [4.69, 9.17) is 0 Å². The van der Waals surface area contributed by atoms with Crippen molar-refractivity contribution in [2.45, 2.75) is 5.41 Å². The number of hydrogen-bond donors (Lipinski definition) is 0. The fraction of sp³-hybridized carbons (Fsp3) is 0.0164. The molecule has 1 heteroatoms. The molecule has 0 radical (unpaired) electrons. The smallest absolute Gasteiger partial charge is 0.0714 e. The maximum atomic E-state index is 9.89. The van der Waals surface area contributed by atoms with Crippen molar-refractivity contribution in [1.82, 2.24) is 0 Å². The molecule has 0 saturated heterocycles. The predicted octanol–water partition coefficient (Wildman–Crippen LogP) is 16.6. The van der Waals surface area contributed by atoms with Gasteiger partial charge in [-0.3, -0.25) is 0 Å². The van der Waals surface area contributed by atoms with Crippen LogP contribution in [0.1, 0.15) is 22.2 Å². The third-order valence-electron chi connectivity index (χ3n) is 12.5. The Labute approximate surface area is 369 Å². The molecule has 10 aromatic carbocycles. The molecule has 0 spiro atoms. The van der Waals surface area contributed by atoms with Crippen LogP contribution in [0.5, 0.6) is 0 Å². The van der Waals surface area contributed by atoms with Crippen LogP contribution < -0.4 is 4.90 Å². The highest BCUT2D eigenvalue weighted by Gasteiger charge is 2.46. The minimum absolute atomic E-state index is 0.113. The molecule has 292 valence electrons. The highest BCUT2D eigenvalue weighted by Crippen LogP contribution is 2.58. The predicted molar refractivity (Wildman–Crippen MR) is 265 cm³/mol. The SMILES string of the molecule is [2H]c1c([2H])c(N(c2cccc(-c3cc4ccccc4c4ccccc34)c2)c2ccc3c(c2)C(/C(C=C)=C/C=C)(c2ccccc2)c2ccccc2-3)c([2H])c([2H])c1-c1ccc2ccccc2c1. The molecule has 1 atom stereocenters. The number of anilines is 3. The minimum Gasteiger partial charge on any atom is -0.310 e. The maximum Gasteiger partial charge on any atom is 0.0714 e. The number of fused-ring (bicyclic) bond motifs is 7. The van der Waals surface area contributed by atoms with Gasteiger partial charge in [0.15, 0.2) is 0 Å². The Morgan fingerprint density at radius 3 is 1.92 bits per heavy atom.